The van der Waals surface area contributed by atoms with Gasteiger partial charge in [0.1, 0.15) is 12.4 Å². The van der Waals surface area contributed by atoms with E-state index in [0.717, 1.165) is 29.7 Å². The van der Waals surface area contributed by atoms with Crippen LogP contribution in [0.4, 0.5) is 4.79 Å². The number of nitrogens with one attached hydrogen (secondary N) is 1. The van der Waals surface area contributed by atoms with Crippen molar-refractivity contribution in [3.8, 4) is 5.75 Å². The van der Waals surface area contributed by atoms with Gasteiger partial charge < -0.3 is 15.0 Å². The van der Waals surface area contributed by atoms with Gasteiger partial charge in [0.05, 0.1) is 0 Å². The van der Waals surface area contributed by atoms with Gasteiger partial charge in [-0.1, -0.05) is 61.7 Å². The molecule has 0 unspecified atom stereocenters. The van der Waals surface area contributed by atoms with Crippen molar-refractivity contribution >= 4 is 6.03 Å². The molecule has 1 saturated carbocycles. The van der Waals surface area contributed by atoms with E-state index in [9.17, 15) is 4.79 Å². The summed E-state index contributed by atoms with van der Waals surface area (Å²) in [5.41, 5.74) is 2.26. The lowest BCUT2D eigenvalue weighted by atomic mass is 9.96. The largest absolute Gasteiger partial charge is 0.489 e. The average Bonchev–Trinajstić information content (AvgIpc) is 2.72. The Labute approximate surface area is 168 Å². The number of hydrogen-bond donors (Lipinski definition) is 1. The van der Waals surface area contributed by atoms with Crippen LogP contribution in [0.1, 0.15) is 57.1 Å². The van der Waals surface area contributed by atoms with Crippen molar-refractivity contribution in [1.82, 2.24) is 10.2 Å². The summed E-state index contributed by atoms with van der Waals surface area (Å²) in [4.78, 5) is 14.7. The summed E-state index contributed by atoms with van der Waals surface area (Å²) < 4.78 is 5.85. The van der Waals surface area contributed by atoms with E-state index in [0.29, 0.717) is 19.2 Å². The normalized spacial score (nSPS) is 14.7. The van der Waals surface area contributed by atoms with Crippen LogP contribution in [-0.2, 0) is 13.2 Å². The number of urea groups is 1. The van der Waals surface area contributed by atoms with Crippen molar-refractivity contribution in [2.45, 2.75) is 71.2 Å². The highest BCUT2D eigenvalue weighted by Gasteiger charge is 2.22. The van der Waals surface area contributed by atoms with Crippen LogP contribution in [0.25, 0.3) is 0 Å². The van der Waals surface area contributed by atoms with Gasteiger partial charge in [-0.05, 0) is 49.9 Å². The Balaban J connectivity index is 1.54. The average molecular weight is 381 g/mol. The Morgan fingerprint density at radius 1 is 1.00 bits per heavy atom. The number of rotatable bonds is 7. The molecule has 0 heterocycles. The molecule has 28 heavy (non-hydrogen) atoms. The quantitative estimate of drug-likeness (QED) is 0.687. The van der Waals surface area contributed by atoms with Gasteiger partial charge in [-0.3, -0.25) is 0 Å². The first-order valence-electron chi connectivity index (χ1n) is 10.4. The summed E-state index contributed by atoms with van der Waals surface area (Å²) in [5, 5.41) is 3.23. The molecule has 1 N–H and O–H groups in total. The first kappa shape index (κ1) is 20.2. The Morgan fingerprint density at radius 2 is 1.68 bits per heavy atom. The predicted octanol–water partition coefficient (Wildman–Crippen LogP) is 5.52. The van der Waals surface area contributed by atoms with Crippen molar-refractivity contribution in [3.05, 3.63) is 65.7 Å². The Hall–Kier alpha value is -2.49. The first-order chi connectivity index (χ1) is 13.6. The van der Waals surface area contributed by atoms with E-state index < -0.39 is 0 Å². The number of amides is 2. The van der Waals surface area contributed by atoms with Crippen LogP contribution in [0, 0.1) is 0 Å². The van der Waals surface area contributed by atoms with Crippen LogP contribution in [-0.4, -0.2) is 23.0 Å². The Bertz CT molecular complexity index is 722. The molecule has 4 nitrogen and oxygen atoms in total. The number of hydrogen-bond acceptors (Lipinski definition) is 2. The fraction of sp³-hybridized carbons (Fsp3) is 0.458. The summed E-state index contributed by atoms with van der Waals surface area (Å²) in [7, 11) is 0. The van der Waals surface area contributed by atoms with E-state index in [-0.39, 0.29) is 12.1 Å². The van der Waals surface area contributed by atoms with Crippen molar-refractivity contribution in [1.29, 1.82) is 0 Å². The van der Waals surface area contributed by atoms with E-state index in [1.54, 1.807) is 0 Å². The van der Waals surface area contributed by atoms with E-state index in [4.69, 9.17) is 4.74 Å². The van der Waals surface area contributed by atoms with Crippen LogP contribution in [0.2, 0.25) is 0 Å². The molecule has 1 aliphatic carbocycles. The van der Waals surface area contributed by atoms with E-state index in [1.807, 2.05) is 47.4 Å². The lowest BCUT2D eigenvalue weighted by Crippen LogP contribution is -2.47. The topological polar surface area (TPSA) is 41.6 Å². The van der Waals surface area contributed by atoms with E-state index in [1.165, 1.54) is 19.3 Å². The van der Waals surface area contributed by atoms with E-state index >= 15 is 0 Å². The highest BCUT2D eigenvalue weighted by Crippen LogP contribution is 2.19. The highest BCUT2D eigenvalue weighted by molar-refractivity contribution is 5.74. The zero-order valence-corrected chi connectivity index (χ0v) is 17.1. The second-order valence-electron chi connectivity index (χ2n) is 7.92. The summed E-state index contributed by atoms with van der Waals surface area (Å²) in [6, 6.07) is 18.7. The lowest BCUT2D eigenvalue weighted by molar-refractivity contribution is 0.172. The SMILES string of the molecule is CC(C)N(Cc1ccc(OCc2ccccc2)cc1)C(=O)NC1CCCCC1. The third kappa shape index (κ3) is 6.01. The predicted molar refractivity (Wildman–Crippen MR) is 113 cm³/mol. The minimum Gasteiger partial charge on any atom is -0.489 e. The second-order valence-corrected chi connectivity index (χ2v) is 7.92. The van der Waals surface area contributed by atoms with E-state index in [2.05, 4.69) is 31.3 Å². The molecule has 2 aromatic carbocycles. The minimum absolute atomic E-state index is 0.0475. The molecular formula is C24H32N2O2. The fourth-order valence-electron chi connectivity index (χ4n) is 3.62. The molecule has 2 aromatic rings. The van der Waals surface area contributed by atoms with Crippen molar-refractivity contribution in [2.24, 2.45) is 0 Å². The highest BCUT2D eigenvalue weighted by atomic mass is 16.5. The van der Waals surface area contributed by atoms with Gasteiger partial charge in [-0.2, -0.15) is 0 Å². The zero-order chi connectivity index (χ0) is 19.8. The molecule has 1 aliphatic rings. The number of ether oxygens (including phenoxy) is 1. The van der Waals surface area contributed by atoms with Gasteiger partial charge in [0.25, 0.3) is 0 Å². The number of carbonyl (C=O) groups excluding carboxylic acids is 1. The molecule has 0 aromatic heterocycles. The molecule has 0 saturated heterocycles. The molecule has 0 bridgehead atoms. The third-order valence-corrected chi connectivity index (χ3v) is 5.34. The van der Waals surface area contributed by atoms with Crippen LogP contribution in [0.3, 0.4) is 0 Å². The molecule has 0 atom stereocenters. The van der Waals surface area contributed by atoms with Gasteiger partial charge in [-0.15, -0.1) is 0 Å². The molecule has 0 aliphatic heterocycles. The maximum absolute atomic E-state index is 12.8. The number of nitrogens with zero attached hydrogens (tertiary/aromatic N) is 1. The molecule has 4 heteroatoms. The monoisotopic (exact) mass is 380 g/mol. The summed E-state index contributed by atoms with van der Waals surface area (Å²) >= 11 is 0. The van der Waals surface area contributed by atoms with Crippen LogP contribution >= 0.6 is 0 Å². The standard InChI is InChI=1S/C24H32N2O2/c1-19(2)26(24(27)25-22-11-7-4-8-12-22)17-20-13-15-23(16-14-20)28-18-21-9-5-3-6-10-21/h3,5-6,9-10,13-16,19,22H,4,7-8,11-12,17-18H2,1-2H3,(H,25,27). The molecule has 1 fully saturated rings. The van der Waals surface area contributed by atoms with Gasteiger partial charge in [0, 0.05) is 18.6 Å². The van der Waals surface area contributed by atoms with Crippen molar-refractivity contribution in [2.75, 3.05) is 0 Å². The van der Waals surface area contributed by atoms with Gasteiger partial charge in [0.2, 0.25) is 0 Å². The number of benzene rings is 2. The molecule has 3 rings (SSSR count). The van der Waals surface area contributed by atoms with Gasteiger partial charge in [-0.25, -0.2) is 4.79 Å². The molecular weight excluding hydrogens is 348 g/mol. The summed E-state index contributed by atoms with van der Waals surface area (Å²) in [5.74, 6) is 0.843. The van der Waals surface area contributed by atoms with Gasteiger partial charge in [0.15, 0.2) is 0 Å². The molecule has 0 radical (unpaired) electrons. The zero-order valence-electron chi connectivity index (χ0n) is 17.1. The summed E-state index contributed by atoms with van der Waals surface area (Å²) in [6.45, 7) is 5.30. The van der Waals surface area contributed by atoms with Crippen LogP contribution in [0.5, 0.6) is 5.75 Å². The maximum atomic E-state index is 12.8. The van der Waals surface area contributed by atoms with Crippen LogP contribution in [0.15, 0.2) is 54.6 Å². The molecule has 2 amide bonds. The molecule has 150 valence electrons. The fourth-order valence-corrected chi connectivity index (χ4v) is 3.62. The number of carbonyl (C=O) groups is 1. The van der Waals surface area contributed by atoms with Crippen LogP contribution < -0.4 is 10.1 Å². The lowest BCUT2D eigenvalue weighted by Gasteiger charge is -2.31. The minimum atomic E-state index is 0.0475. The Kier molecular flexibility index (Phi) is 7.35. The smallest absolute Gasteiger partial charge is 0.318 e. The second kappa shape index (κ2) is 10.2. The third-order valence-electron chi connectivity index (χ3n) is 5.34. The van der Waals surface area contributed by atoms with Crippen molar-refractivity contribution < 1.29 is 9.53 Å². The summed E-state index contributed by atoms with van der Waals surface area (Å²) in [6.07, 6.45) is 5.93. The van der Waals surface area contributed by atoms with Gasteiger partial charge >= 0.3 is 6.03 Å². The Morgan fingerprint density at radius 3 is 2.32 bits per heavy atom. The molecule has 0 spiro atoms. The first-order valence-corrected chi connectivity index (χ1v) is 10.4. The maximum Gasteiger partial charge on any atom is 0.318 e. The van der Waals surface area contributed by atoms with Crippen molar-refractivity contribution in [3.63, 3.8) is 0 Å².